The van der Waals surface area contributed by atoms with E-state index in [1.54, 1.807) is 12.1 Å². The van der Waals surface area contributed by atoms with Gasteiger partial charge in [0.15, 0.2) is 0 Å². The van der Waals surface area contributed by atoms with Crippen LogP contribution in [0, 0.1) is 0 Å². The van der Waals surface area contributed by atoms with Crippen molar-refractivity contribution in [3.8, 4) is 5.75 Å². The van der Waals surface area contributed by atoms with Crippen molar-refractivity contribution in [2.75, 3.05) is 13.1 Å². The number of hydrogen-bond acceptors (Lipinski definition) is 2. The van der Waals surface area contributed by atoms with Crippen LogP contribution in [0.15, 0.2) is 18.2 Å². The van der Waals surface area contributed by atoms with Gasteiger partial charge in [0, 0.05) is 11.6 Å². The average Bonchev–Trinajstić information content (AvgIpc) is 2.41. The molecule has 0 aromatic heterocycles. The number of rotatable bonds is 10. The van der Waals surface area contributed by atoms with Gasteiger partial charge in [0.1, 0.15) is 11.9 Å². The minimum atomic E-state index is 0.0873. The molecule has 0 amide bonds. The Kier molecular flexibility index (Phi) is 9.08. The maximum absolute atomic E-state index is 6.08. The largest absolute Gasteiger partial charge is 0.488 e. The van der Waals surface area contributed by atoms with E-state index in [-0.39, 0.29) is 6.10 Å². The van der Waals surface area contributed by atoms with Gasteiger partial charge in [-0.05, 0) is 38.1 Å². The van der Waals surface area contributed by atoms with Crippen LogP contribution in [-0.4, -0.2) is 19.2 Å². The molecule has 0 saturated heterocycles. The molecule has 2 nitrogen and oxygen atoms in total. The van der Waals surface area contributed by atoms with Crippen molar-refractivity contribution in [3.05, 3.63) is 28.2 Å². The lowest BCUT2D eigenvalue weighted by Gasteiger charge is -2.16. The van der Waals surface area contributed by atoms with Crippen LogP contribution in [0.4, 0.5) is 0 Å². The number of unbranched alkanes of at least 4 members (excludes halogenated alkanes) is 4. The van der Waals surface area contributed by atoms with E-state index in [4.69, 9.17) is 27.9 Å². The number of nitrogens with one attached hydrogen (secondary N) is 1. The maximum Gasteiger partial charge on any atom is 0.138 e. The van der Waals surface area contributed by atoms with Gasteiger partial charge in [-0.1, -0.05) is 55.8 Å². The van der Waals surface area contributed by atoms with Gasteiger partial charge in [-0.15, -0.1) is 0 Å². The Morgan fingerprint density at radius 3 is 2.60 bits per heavy atom. The van der Waals surface area contributed by atoms with Gasteiger partial charge in [-0.3, -0.25) is 0 Å². The third-order valence-electron chi connectivity index (χ3n) is 3.11. The molecule has 0 heterocycles. The van der Waals surface area contributed by atoms with Crippen molar-refractivity contribution in [2.45, 2.75) is 52.1 Å². The molecule has 0 aliphatic rings. The van der Waals surface area contributed by atoms with Crippen molar-refractivity contribution >= 4 is 23.2 Å². The van der Waals surface area contributed by atoms with Gasteiger partial charge >= 0.3 is 0 Å². The highest BCUT2D eigenvalue weighted by atomic mass is 35.5. The summed E-state index contributed by atoms with van der Waals surface area (Å²) in [5, 5.41) is 4.60. The molecule has 4 heteroatoms. The van der Waals surface area contributed by atoms with E-state index < -0.39 is 0 Å². The summed E-state index contributed by atoms with van der Waals surface area (Å²) in [5.41, 5.74) is 0. The van der Waals surface area contributed by atoms with Gasteiger partial charge in [0.2, 0.25) is 0 Å². The van der Waals surface area contributed by atoms with Gasteiger partial charge in [0.25, 0.3) is 0 Å². The zero-order valence-corrected chi connectivity index (χ0v) is 13.9. The monoisotopic (exact) mass is 317 g/mol. The first-order chi connectivity index (χ1) is 9.63. The number of hydrogen-bond donors (Lipinski definition) is 1. The fourth-order valence-corrected chi connectivity index (χ4v) is 2.44. The zero-order valence-electron chi connectivity index (χ0n) is 12.4. The second kappa shape index (κ2) is 10.3. The standard InChI is InChI=1S/C16H25Cl2NO/c1-3-4-5-6-7-10-19-12-13(2)20-16-9-8-14(17)11-15(16)18/h8-9,11,13,19H,3-7,10,12H2,1-2H3. The minimum Gasteiger partial charge on any atom is -0.488 e. The van der Waals surface area contributed by atoms with Crippen molar-refractivity contribution in [2.24, 2.45) is 0 Å². The first kappa shape index (κ1) is 17.6. The predicted octanol–water partition coefficient (Wildman–Crippen LogP) is 5.32. The zero-order chi connectivity index (χ0) is 14.8. The second-order valence-electron chi connectivity index (χ2n) is 5.12. The summed E-state index contributed by atoms with van der Waals surface area (Å²) in [4.78, 5) is 0. The van der Waals surface area contributed by atoms with E-state index in [2.05, 4.69) is 12.2 Å². The Hall–Kier alpha value is -0.440. The molecule has 0 aliphatic carbocycles. The normalized spacial score (nSPS) is 12.4. The second-order valence-corrected chi connectivity index (χ2v) is 5.97. The van der Waals surface area contributed by atoms with Gasteiger partial charge in [-0.25, -0.2) is 0 Å². The first-order valence-corrected chi connectivity index (χ1v) is 8.21. The third-order valence-corrected chi connectivity index (χ3v) is 3.64. The van der Waals surface area contributed by atoms with Crippen LogP contribution < -0.4 is 10.1 Å². The van der Waals surface area contributed by atoms with Crippen molar-refractivity contribution in [3.63, 3.8) is 0 Å². The molecule has 1 aromatic rings. The highest BCUT2D eigenvalue weighted by Crippen LogP contribution is 2.28. The average molecular weight is 318 g/mol. The van der Waals surface area contributed by atoms with Gasteiger partial charge < -0.3 is 10.1 Å². The highest BCUT2D eigenvalue weighted by molar-refractivity contribution is 6.35. The van der Waals surface area contributed by atoms with Crippen LogP contribution >= 0.6 is 23.2 Å². The van der Waals surface area contributed by atoms with E-state index in [1.807, 2.05) is 13.0 Å². The summed E-state index contributed by atoms with van der Waals surface area (Å²) in [6.45, 7) is 6.15. The number of ether oxygens (including phenoxy) is 1. The molecule has 1 N–H and O–H groups in total. The van der Waals surface area contributed by atoms with Crippen LogP contribution in [0.2, 0.25) is 10.0 Å². The Morgan fingerprint density at radius 2 is 1.90 bits per heavy atom. The smallest absolute Gasteiger partial charge is 0.138 e. The Bertz CT molecular complexity index is 385. The van der Waals surface area contributed by atoms with Crippen LogP contribution in [0.3, 0.4) is 0 Å². The molecule has 0 aliphatic heterocycles. The predicted molar refractivity (Wildman–Crippen MR) is 88.2 cm³/mol. The van der Waals surface area contributed by atoms with Gasteiger partial charge in [-0.2, -0.15) is 0 Å². The van der Waals surface area contributed by atoms with Crippen LogP contribution in [0.5, 0.6) is 5.75 Å². The molecule has 114 valence electrons. The summed E-state index contributed by atoms with van der Waals surface area (Å²) >= 11 is 11.9. The molecule has 1 rings (SSSR count). The van der Waals surface area contributed by atoms with E-state index in [0.29, 0.717) is 15.8 Å². The minimum absolute atomic E-state index is 0.0873. The van der Waals surface area contributed by atoms with Crippen molar-refractivity contribution < 1.29 is 4.74 Å². The van der Waals surface area contributed by atoms with Crippen molar-refractivity contribution in [1.82, 2.24) is 5.32 Å². The summed E-state index contributed by atoms with van der Waals surface area (Å²) in [5.74, 6) is 0.688. The molecular formula is C16H25Cl2NO. The number of halogens is 2. The molecule has 1 atom stereocenters. The molecule has 0 spiro atoms. The lowest BCUT2D eigenvalue weighted by Crippen LogP contribution is -2.29. The molecular weight excluding hydrogens is 293 g/mol. The quantitative estimate of drug-likeness (QED) is 0.589. The van der Waals surface area contributed by atoms with Crippen LogP contribution in [-0.2, 0) is 0 Å². The summed E-state index contributed by atoms with van der Waals surface area (Å²) in [6.07, 6.45) is 6.59. The van der Waals surface area contributed by atoms with E-state index >= 15 is 0 Å². The van der Waals surface area contributed by atoms with E-state index in [1.165, 1.54) is 32.1 Å². The third kappa shape index (κ3) is 7.37. The van der Waals surface area contributed by atoms with Gasteiger partial charge in [0.05, 0.1) is 5.02 Å². The molecule has 1 aromatic carbocycles. The van der Waals surface area contributed by atoms with E-state index in [9.17, 15) is 0 Å². The summed E-state index contributed by atoms with van der Waals surface area (Å²) in [7, 11) is 0. The van der Waals surface area contributed by atoms with E-state index in [0.717, 1.165) is 13.1 Å². The van der Waals surface area contributed by atoms with Crippen LogP contribution in [0.25, 0.3) is 0 Å². The summed E-state index contributed by atoms with van der Waals surface area (Å²) in [6, 6.07) is 5.30. The lowest BCUT2D eigenvalue weighted by atomic mass is 10.1. The topological polar surface area (TPSA) is 21.3 Å². The fraction of sp³-hybridized carbons (Fsp3) is 0.625. The fourth-order valence-electron chi connectivity index (χ4n) is 1.99. The molecule has 0 saturated carbocycles. The molecule has 0 fully saturated rings. The molecule has 1 unspecified atom stereocenters. The van der Waals surface area contributed by atoms with Crippen molar-refractivity contribution in [1.29, 1.82) is 0 Å². The van der Waals surface area contributed by atoms with Crippen LogP contribution in [0.1, 0.15) is 46.0 Å². The molecule has 20 heavy (non-hydrogen) atoms. The Morgan fingerprint density at radius 1 is 1.15 bits per heavy atom. The first-order valence-electron chi connectivity index (χ1n) is 7.46. The number of benzene rings is 1. The Balaban J connectivity index is 2.15. The highest BCUT2D eigenvalue weighted by Gasteiger charge is 2.07. The SMILES string of the molecule is CCCCCCCNCC(C)Oc1ccc(Cl)cc1Cl. The Labute approximate surface area is 132 Å². The maximum atomic E-state index is 6.08. The molecule has 0 bridgehead atoms. The molecule has 0 radical (unpaired) electrons. The lowest BCUT2D eigenvalue weighted by molar-refractivity contribution is 0.217. The summed E-state index contributed by atoms with van der Waals surface area (Å²) < 4.78 is 5.79.